The maximum Gasteiger partial charge on any atom is 0.419 e. The van der Waals surface area contributed by atoms with E-state index in [1.807, 2.05) is 0 Å². The zero-order valence-electron chi connectivity index (χ0n) is 6.50. The van der Waals surface area contributed by atoms with Crippen LogP contribution in [-0.4, -0.2) is 18.2 Å². The molecule has 0 aromatic heterocycles. The zero-order chi connectivity index (χ0) is 9.61. The molecule has 0 nitrogen and oxygen atoms in total. The summed E-state index contributed by atoms with van der Waals surface area (Å²) in [5.41, 5.74) is 0. The molecule has 0 aliphatic rings. The average molecular weight is 207 g/mol. The molecule has 0 aliphatic carbocycles. The minimum atomic E-state index is -4.69. The van der Waals surface area contributed by atoms with Gasteiger partial charge in [-0.05, 0) is 12.8 Å². The molecular formula is C7H11ClF4. The van der Waals surface area contributed by atoms with Crippen LogP contribution in [0.25, 0.3) is 0 Å². The Kier molecular flexibility index (Phi) is 5.63. The Balaban J connectivity index is 3.38. The molecule has 5 heteroatoms. The quantitative estimate of drug-likeness (QED) is 0.366. The van der Waals surface area contributed by atoms with Crippen LogP contribution in [0.2, 0.25) is 0 Å². The first-order chi connectivity index (χ1) is 5.48. The maximum atomic E-state index is 12.2. The van der Waals surface area contributed by atoms with E-state index in [4.69, 9.17) is 11.6 Å². The molecule has 0 radical (unpaired) electrons. The van der Waals surface area contributed by atoms with Gasteiger partial charge in [-0.3, -0.25) is 0 Å². The highest BCUT2D eigenvalue weighted by atomic mass is 35.5. The molecule has 0 saturated carbocycles. The molecule has 0 fully saturated rings. The first-order valence-corrected chi connectivity index (χ1v) is 4.28. The predicted molar refractivity (Wildman–Crippen MR) is 40.1 cm³/mol. The van der Waals surface area contributed by atoms with Gasteiger partial charge in [0.2, 0.25) is 0 Å². The van der Waals surface area contributed by atoms with E-state index in [1.165, 1.54) is 0 Å². The Morgan fingerprint density at radius 2 is 1.67 bits per heavy atom. The van der Waals surface area contributed by atoms with Crippen LogP contribution in [0.3, 0.4) is 0 Å². The van der Waals surface area contributed by atoms with Crippen molar-refractivity contribution in [2.45, 2.75) is 38.0 Å². The lowest BCUT2D eigenvalue weighted by Crippen LogP contribution is -2.23. The van der Waals surface area contributed by atoms with Gasteiger partial charge >= 0.3 is 6.18 Å². The summed E-state index contributed by atoms with van der Waals surface area (Å²) in [4.78, 5) is 0. The summed E-state index contributed by atoms with van der Waals surface area (Å²) in [6, 6.07) is 0. The monoisotopic (exact) mass is 206 g/mol. The van der Waals surface area contributed by atoms with Gasteiger partial charge in [0.1, 0.15) is 0 Å². The van der Waals surface area contributed by atoms with Crippen LogP contribution in [0.1, 0.15) is 25.7 Å². The van der Waals surface area contributed by atoms with Crippen LogP contribution in [0.15, 0.2) is 0 Å². The fraction of sp³-hybridized carbons (Fsp3) is 1.00. The van der Waals surface area contributed by atoms with Crippen molar-refractivity contribution in [3.63, 3.8) is 0 Å². The lowest BCUT2D eigenvalue weighted by molar-refractivity contribution is -0.182. The van der Waals surface area contributed by atoms with Crippen molar-refractivity contribution in [3.05, 3.63) is 0 Å². The Hall–Kier alpha value is 0.01000. The predicted octanol–water partition coefficient (Wildman–Crippen LogP) is 3.69. The van der Waals surface area contributed by atoms with E-state index in [2.05, 4.69) is 0 Å². The van der Waals surface area contributed by atoms with Gasteiger partial charge in [-0.2, -0.15) is 13.2 Å². The van der Waals surface area contributed by atoms with Crippen molar-refractivity contribution in [1.29, 1.82) is 0 Å². The molecule has 0 aromatic carbocycles. The average Bonchev–Trinajstić information content (AvgIpc) is 1.96. The lowest BCUT2D eigenvalue weighted by Gasteiger charge is -2.11. The van der Waals surface area contributed by atoms with Crippen molar-refractivity contribution < 1.29 is 17.6 Å². The number of hydrogen-bond acceptors (Lipinski definition) is 0. The van der Waals surface area contributed by atoms with Gasteiger partial charge in [0, 0.05) is 5.88 Å². The van der Waals surface area contributed by atoms with Gasteiger partial charge < -0.3 is 0 Å². The first kappa shape index (κ1) is 12.0. The number of alkyl halides is 5. The third-order valence-corrected chi connectivity index (χ3v) is 1.71. The molecule has 0 amide bonds. The summed E-state index contributed by atoms with van der Waals surface area (Å²) < 4.78 is 46.9. The van der Waals surface area contributed by atoms with Crippen LogP contribution in [0, 0.1) is 0 Å². The molecule has 12 heavy (non-hydrogen) atoms. The van der Waals surface area contributed by atoms with E-state index < -0.39 is 18.8 Å². The number of halogens is 5. The molecule has 1 unspecified atom stereocenters. The maximum absolute atomic E-state index is 12.2. The molecule has 0 spiro atoms. The summed E-state index contributed by atoms with van der Waals surface area (Å²) in [6.07, 6.45) is -6.37. The van der Waals surface area contributed by atoms with E-state index in [9.17, 15) is 17.6 Å². The summed E-state index contributed by atoms with van der Waals surface area (Å²) >= 11 is 5.29. The molecule has 0 aliphatic heterocycles. The molecule has 0 aromatic rings. The van der Waals surface area contributed by atoms with Crippen molar-refractivity contribution in [3.8, 4) is 0 Å². The molecule has 0 bridgehead atoms. The molecular weight excluding hydrogens is 196 g/mol. The van der Waals surface area contributed by atoms with Crippen LogP contribution < -0.4 is 0 Å². The Bertz CT molecular complexity index is 112. The van der Waals surface area contributed by atoms with E-state index in [-0.39, 0.29) is 6.42 Å². The number of unbranched alkanes of at least 4 members (excludes halogenated alkanes) is 2. The van der Waals surface area contributed by atoms with Crippen LogP contribution >= 0.6 is 11.6 Å². The minimum Gasteiger partial charge on any atom is -0.237 e. The van der Waals surface area contributed by atoms with Crippen LogP contribution in [-0.2, 0) is 0 Å². The second kappa shape index (κ2) is 5.62. The van der Waals surface area contributed by atoms with E-state index >= 15 is 0 Å². The minimum absolute atomic E-state index is 0.243. The number of rotatable bonds is 5. The van der Waals surface area contributed by atoms with E-state index in [1.54, 1.807) is 0 Å². The third kappa shape index (κ3) is 5.63. The van der Waals surface area contributed by atoms with Gasteiger partial charge in [-0.25, -0.2) is 4.39 Å². The normalized spacial score (nSPS) is 14.8. The SMILES string of the molecule is FC(CCCCCCl)C(F)(F)F. The lowest BCUT2D eigenvalue weighted by atomic mass is 10.1. The number of hydrogen-bond donors (Lipinski definition) is 0. The van der Waals surface area contributed by atoms with Crippen LogP contribution in [0.4, 0.5) is 17.6 Å². The molecule has 1 atom stereocenters. The summed E-state index contributed by atoms with van der Waals surface area (Å²) in [6.45, 7) is 0. The summed E-state index contributed by atoms with van der Waals surface area (Å²) in [7, 11) is 0. The molecule has 0 heterocycles. The second-order valence-corrected chi connectivity index (χ2v) is 2.93. The summed E-state index contributed by atoms with van der Waals surface area (Å²) in [5, 5.41) is 0. The second-order valence-electron chi connectivity index (χ2n) is 2.55. The highest BCUT2D eigenvalue weighted by molar-refractivity contribution is 6.17. The highest BCUT2D eigenvalue weighted by Crippen LogP contribution is 2.26. The topological polar surface area (TPSA) is 0 Å². The largest absolute Gasteiger partial charge is 0.419 e. The standard InChI is InChI=1S/C7H11ClF4/c8-5-3-1-2-4-6(9)7(10,11)12/h6H,1-5H2. The van der Waals surface area contributed by atoms with Gasteiger partial charge in [-0.15, -0.1) is 11.6 Å². The van der Waals surface area contributed by atoms with Crippen molar-refractivity contribution in [1.82, 2.24) is 0 Å². The van der Waals surface area contributed by atoms with Crippen LogP contribution in [0.5, 0.6) is 0 Å². The fourth-order valence-corrected chi connectivity index (χ4v) is 0.947. The van der Waals surface area contributed by atoms with Crippen molar-refractivity contribution >= 4 is 11.6 Å². The van der Waals surface area contributed by atoms with E-state index in [0.717, 1.165) is 0 Å². The fourth-order valence-electron chi connectivity index (χ4n) is 0.758. The smallest absolute Gasteiger partial charge is 0.237 e. The van der Waals surface area contributed by atoms with Crippen molar-refractivity contribution in [2.75, 3.05) is 5.88 Å². The third-order valence-electron chi connectivity index (χ3n) is 1.45. The molecule has 0 rings (SSSR count). The van der Waals surface area contributed by atoms with Gasteiger partial charge in [0.25, 0.3) is 0 Å². The first-order valence-electron chi connectivity index (χ1n) is 3.75. The molecule has 0 saturated heterocycles. The Morgan fingerprint density at radius 1 is 1.08 bits per heavy atom. The van der Waals surface area contributed by atoms with Crippen molar-refractivity contribution in [2.24, 2.45) is 0 Å². The Morgan fingerprint density at radius 3 is 2.08 bits per heavy atom. The molecule has 74 valence electrons. The zero-order valence-corrected chi connectivity index (χ0v) is 7.26. The molecule has 0 N–H and O–H groups in total. The van der Waals surface area contributed by atoms with Gasteiger partial charge in [0.05, 0.1) is 0 Å². The summed E-state index contributed by atoms with van der Waals surface area (Å²) in [5.74, 6) is 0.420. The van der Waals surface area contributed by atoms with Gasteiger partial charge in [0.15, 0.2) is 6.17 Å². The Labute approximate surface area is 73.9 Å². The highest BCUT2D eigenvalue weighted by Gasteiger charge is 2.39. The van der Waals surface area contributed by atoms with Gasteiger partial charge in [-0.1, -0.05) is 12.8 Å². The van der Waals surface area contributed by atoms with E-state index in [0.29, 0.717) is 18.7 Å².